The largest absolute Gasteiger partial charge is 0.497 e. The van der Waals surface area contributed by atoms with Crippen LogP contribution in [0.15, 0.2) is 54.9 Å². The maximum absolute atomic E-state index is 13.0. The number of hydrogen-bond acceptors (Lipinski definition) is 6. The van der Waals surface area contributed by atoms with Crippen molar-refractivity contribution in [3.05, 3.63) is 60.4 Å². The molecule has 0 aliphatic heterocycles. The number of methoxy groups -OCH3 is 1. The van der Waals surface area contributed by atoms with Crippen molar-refractivity contribution in [2.24, 2.45) is 0 Å². The molecule has 0 aliphatic carbocycles. The molecular formula is C23H28N4O5. The molecule has 0 fully saturated rings. The molecule has 170 valence electrons. The van der Waals surface area contributed by atoms with Crippen LogP contribution in [-0.4, -0.2) is 64.8 Å². The highest BCUT2D eigenvalue weighted by Gasteiger charge is 2.17. The molecule has 2 amide bonds. The lowest BCUT2D eigenvalue weighted by atomic mass is 10.1. The van der Waals surface area contributed by atoms with E-state index < -0.39 is 0 Å². The fourth-order valence-electron chi connectivity index (χ4n) is 3.14. The summed E-state index contributed by atoms with van der Waals surface area (Å²) >= 11 is 0. The molecule has 0 bridgehead atoms. The predicted octanol–water partition coefficient (Wildman–Crippen LogP) is 2.87. The number of aromatic amines is 1. The topological polar surface area (TPSA) is 120 Å². The fourth-order valence-corrected chi connectivity index (χ4v) is 3.14. The molecule has 3 aromatic rings. The second-order valence-corrected chi connectivity index (χ2v) is 7.05. The highest BCUT2D eigenvalue weighted by atomic mass is 16.5. The first-order chi connectivity index (χ1) is 15.6. The van der Waals surface area contributed by atoms with E-state index in [9.17, 15) is 9.90 Å². The van der Waals surface area contributed by atoms with Crippen LogP contribution in [0.4, 0.5) is 10.5 Å². The summed E-state index contributed by atoms with van der Waals surface area (Å²) in [4.78, 5) is 14.5. The Balaban J connectivity index is 1.79. The first-order valence-electron chi connectivity index (χ1n) is 10.3. The van der Waals surface area contributed by atoms with Crippen LogP contribution in [0.1, 0.15) is 12.0 Å². The number of H-pyrrole nitrogens is 1. The minimum Gasteiger partial charge on any atom is -0.497 e. The zero-order chi connectivity index (χ0) is 22.8. The Morgan fingerprint density at radius 3 is 2.75 bits per heavy atom. The molecular weight excluding hydrogens is 412 g/mol. The van der Waals surface area contributed by atoms with Gasteiger partial charge in [0.15, 0.2) is 0 Å². The molecule has 9 nitrogen and oxygen atoms in total. The van der Waals surface area contributed by atoms with Crippen molar-refractivity contribution in [1.82, 2.24) is 15.1 Å². The summed E-state index contributed by atoms with van der Waals surface area (Å²) in [7, 11) is 1.59. The highest BCUT2D eigenvalue weighted by molar-refractivity contribution is 5.91. The van der Waals surface area contributed by atoms with E-state index in [0.717, 1.165) is 16.7 Å². The summed E-state index contributed by atoms with van der Waals surface area (Å²) in [6, 6.07) is 12.5. The molecule has 0 saturated carbocycles. The van der Waals surface area contributed by atoms with Crippen molar-refractivity contribution in [3.63, 3.8) is 0 Å². The van der Waals surface area contributed by atoms with E-state index in [-0.39, 0.29) is 25.8 Å². The second-order valence-electron chi connectivity index (χ2n) is 7.05. The molecule has 0 saturated heterocycles. The minimum atomic E-state index is -0.370. The number of anilines is 1. The molecule has 0 aliphatic rings. The van der Waals surface area contributed by atoms with Gasteiger partial charge in [0, 0.05) is 37.9 Å². The molecule has 4 N–H and O–H groups in total. The number of hydrogen-bond donors (Lipinski definition) is 4. The van der Waals surface area contributed by atoms with Crippen LogP contribution in [-0.2, 0) is 6.54 Å². The Labute approximate surface area is 186 Å². The van der Waals surface area contributed by atoms with Crippen LogP contribution in [0.3, 0.4) is 0 Å². The number of nitrogens with one attached hydrogen (secondary N) is 2. The van der Waals surface area contributed by atoms with Gasteiger partial charge in [-0.1, -0.05) is 18.2 Å². The number of benzene rings is 2. The van der Waals surface area contributed by atoms with Gasteiger partial charge in [-0.05, 0) is 35.4 Å². The Morgan fingerprint density at radius 1 is 1.16 bits per heavy atom. The van der Waals surface area contributed by atoms with E-state index in [1.54, 1.807) is 25.6 Å². The Morgan fingerprint density at radius 2 is 2.03 bits per heavy atom. The number of aromatic nitrogens is 2. The van der Waals surface area contributed by atoms with Gasteiger partial charge in [0.2, 0.25) is 0 Å². The zero-order valence-corrected chi connectivity index (χ0v) is 18.0. The van der Waals surface area contributed by atoms with E-state index in [4.69, 9.17) is 14.6 Å². The molecule has 3 rings (SSSR count). The lowest BCUT2D eigenvalue weighted by Crippen LogP contribution is -2.36. The van der Waals surface area contributed by atoms with E-state index in [0.29, 0.717) is 36.8 Å². The Bertz CT molecular complexity index is 994. The number of rotatable bonds is 11. The third kappa shape index (κ3) is 6.22. The zero-order valence-electron chi connectivity index (χ0n) is 18.0. The maximum atomic E-state index is 13.0. The third-order valence-corrected chi connectivity index (χ3v) is 4.78. The van der Waals surface area contributed by atoms with Gasteiger partial charge in [0.05, 0.1) is 32.2 Å². The average Bonchev–Trinajstić information content (AvgIpc) is 3.35. The van der Waals surface area contributed by atoms with Crippen molar-refractivity contribution >= 4 is 11.7 Å². The summed E-state index contributed by atoms with van der Waals surface area (Å²) in [6.45, 7) is 0.608. The van der Waals surface area contributed by atoms with Crippen LogP contribution >= 0.6 is 0 Å². The van der Waals surface area contributed by atoms with Gasteiger partial charge in [-0.3, -0.25) is 5.10 Å². The molecule has 9 heteroatoms. The number of carbonyl (C=O) groups excluding carboxylic acids is 1. The number of carbonyl (C=O) groups is 1. The van der Waals surface area contributed by atoms with Gasteiger partial charge < -0.3 is 29.9 Å². The highest BCUT2D eigenvalue weighted by Crippen LogP contribution is 2.31. The standard InChI is InChI=1S/C23H28N4O5/c1-31-20-5-2-4-17(12-20)16-27(8-10-29)23(30)26-21-7-6-18(19-14-24-25-15-19)13-22(21)32-11-3-9-28/h2,4-7,12-15,28-29H,3,8-11,16H2,1H3,(H,24,25)(H,26,30). The molecule has 0 spiro atoms. The SMILES string of the molecule is COc1cccc(CN(CCO)C(=O)Nc2ccc(-c3cn[nH]c3)cc2OCCCO)c1. The number of aliphatic hydroxyl groups is 2. The van der Waals surface area contributed by atoms with Crippen molar-refractivity contribution < 1.29 is 24.5 Å². The molecule has 0 unspecified atom stereocenters. The van der Waals surface area contributed by atoms with Crippen molar-refractivity contribution in [3.8, 4) is 22.6 Å². The van der Waals surface area contributed by atoms with Crippen LogP contribution in [0.5, 0.6) is 11.5 Å². The van der Waals surface area contributed by atoms with Gasteiger partial charge in [-0.15, -0.1) is 0 Å². The number of amides is 2. The Hall–Kier alpha value is -3.56. The van der Waals surface area contributed by atoms with Crippen LogP contribution < -0.4 is 14.8 Å². The van der Waals surface area contributed by atoms with Crippen molar-refractivity contribution in [2.45, 2.75) is 13.0 Å². The number of urea groups is 1. The van der Waals surface area contributed by atoms with Crippen LogP contribution in [0.2, 0.25) is 0 Å². The van der Waals surface area contributed by atoms with E-state index in [2.05, 4.69) is 15.5 Å². The molecule has 1 heterocycles. The average molecular weight is 441 g/mol. The predicted molar refractivity (Wildman–Crippen MR) is 121 cm³/mol. The van der Waals surface area contributed by atoms with Gasteiger partial charge in [-0.25, -0.2) is 4.79 Å². The summed E-state index contributed by atoms with van der Waals surface area (Å²) in [5, 5.41) is 28.2. The molecule has 0 radical (unpaired) electrons. The third-order valence-electron chi connectivity index (χ3n) is 4.78. The fraction of sp³-hybridized carbons (Fsp3) is 0.304. The molecule has 1 aromatic heterocycles. The van der Waals surface area contributed by atoms with Gasteiger partial charge in [0.25, 0.3) is 0 Å². The first-order valence-corrected chi connectivity index (χ1v) is 10.3. The Kier molecular flexibility index (Phi) is 8.47. The summed E-state index contributed by atoms with van der Waals surface area (Å²) in [5.74, 6) is 1.18. The second kappa shape index (κ2) is 11.7. The van der Waals surface area contributed by atoms with Crippen molar-refractivity contribution in [1.29, 1.82) is 0 Å². The van der Waals surface area contributed by atoms with Crippen molar-refractivity contribution in [2.75, 3.05) is 38.8 Å². The maximum Gasteiger partial charge on any atom is 0.322 e. The summed E-state index contributed by atoms with van der Waals surface area (Å²) in [5.41, 5.74) is 3.13. The van der Waals surface area contributed by atoms with Gasteiger partial charge in [-0.2, -0.15) is 5.10 Å². The lowest BCUT2D eigenvalue weighted by Gasteiger charge is -2.23. The monoisotopic (exact) mass is 440 g/mol. The smallest absolute Gasteiger partial charge is 0.322 e. The van der Waals surface area contributed by atoms with E-state index >= 15 is 0 Å². The molecule has 0 atom stereocenters. The molecule has 2 aromatic carbocycles. The summed E-state index contributed by atoms with van der Waals surface area (Å²) < 4.78 is 11.1. The summed E-state index contributed by atoms with van der Waals surface area (Å²) in [6.07, 6.45) is 3.93. The normalized spacial score (nSPS) is 10.6. The van der Waals surface area contributed by atoms with E-state index in [1.807, 2.05) is 36.4 Å². The van der Waals surface area contributed by atoms with Gasteiger partial charge >= 0.3 is 6.03 Å². The van der Waals surface area contributed by atoms with Crippen LogP contribution in [0, 0.1) is 0 Å². The van der Waals surface area contributed by atoms with Crippen LogP contribution in [0.25, 0.3) is 11.1 Å². The number of aliphatic hydroxyl groups excluding tert-OH is 2. The quantitative estimate of drug-likeness (QED) is 0.340. The van der Waals surface area contributed by atoms with Gasteiger partial charge in [0.1, 0.15) is 11.5 Å². The number of nitrogens with zero attached hydrogens (tertiary/aromatic N) is 2. The minimum absolute atomic E-state index is 0.00787. The first kappa shape index (κ1) is 23.1. The van der Waals surface area contributed by atoms with E-state index in [1.165, 1.54) is 4.90 Å². The number of ether oxygens (including phenoxy) is 2. The molecule has 32 heavy (non-hydrogen) atoms. The lowest BCUT2D eigenvalue weighted by molar-refractivity contribution is 0.185.